The van der Waals surface area contributed by atoms with E-state index in [9.17, 15) is 0 Å². The standard InChI is InChI=1S/C23H24N2O3/c1-4-10-23(11-5-1)25-19(17-6-2-3-7-20(17)28-23)15-18(24-25)16-8-9-21-22(14-16)27-13-12-26-21/h2-3,6-9,14,19H,1,4-5,10-13,15H2/t19-/m0/s1. The van der Waals surface area contributed by atoms with Crippen LogP contribution in [0.1, 0.15) is 55.7 Å². The second-order valence-electron chi connectivity index (χ2n) is 8.12. The molecule has 1 atom stereocenters. The lowest BCUT2D eigenvalue weighted by Gasteiger charge is -2.49. The first kappa shape index (κ1) is 16.3. The molecule has 0 aromatic heterocycles. The summed E-state index contributed by atoms with van der Waals surface area (Å²) in [6, 6.07) is 14.9. The second-order valence-corrected chi connectivity index (χ2v) is 8.12. The van der Waals surface area contributed by atoms with E-state index >= 15 is 0 Å². The molecule has 0 saturated heterocycles. The number of fused-ring (bicyclic) bond motifs is 5. The summed E-state index contributed by atoms with van der Waals surface area (Å²) in [5.41, 5.74) is 3.16. The van der Waals surface area contributed by atoms with Crippen LogP contribution in [0.3, 0.4) is 0 Å². The Labute approximate surface area is 164 Å². The quantitative estimate of drug-likeness (QED) is 0.726. The molecule has 4 aliphatic rings. The zero-order valence-corrected chi connectivity index (χ0v) is 15.9. The normalized spacial score (nSPS) is 24.2. The van der Waals surface area contributed by atoms with Gasteiger partial charge in [0, 0.05) is 30.4 Å². The van der Waals surface area contributed by atoms with Gasteiger partial charge in [0.15, 0.2) is 17.2 Å². The number of hydrogen-bond donors (Lipinski definition) is 0. The Bertz CT molecular complexity index is 949. The molecular weight excluding hydrogens is 352 g/mol. The van der Waals surface area contributed by atoms with Crippen LogP contribution in [-0.2, 0) is 0 Å². The van der Waals surface area contributed by atoms with Crippen LogP contribution in [-0.4, -0.2) is 29.7 Å². The Morgan fingerprint density at radius 3 is 2.61 bits per heavy atom. The fourth-order valence-electron chi connectivity index (χ4n) is 5.06. The van der Waals surface area contributed by atoms with Gasteiger partial charge in [-0.25, -0.2) is 5.01 Å². The van der Waals surface area contributed by atoms with Crippen molar-refractivity contribution in [2.24, 2.45) is 5.10 Å². The predicted molar refractivity (Wildman–Crippen MR) is 106 cm³/mol. The molecule has 3 aliphatic heterocycles. The van der Waals surface area contributed by atoms with Crippen LogP contribution >= 0.6 is 0 Å². The molecular formula is C23H24N2O3. The third-order valence-electron chi connectivity index (χ3n) is 6.42. The highest BCUT2D eigenvalue weighted by Gasteiger charge is 2.50. The molecule has 5 heteroatoms. The first-order valence-electron chi connectivity index (χ1n) is 10.4. The Balaban J connectivity index is 1.41. The monoisotopic (exact) mass is 376 g/mol. The molecule has 1 aliphatic carbocycles. The summed E-state index contributed by atoms with van der Waals surface area (Å²) in [5, 5.41) is 7.41. The summed E-state index contributed by atoms with van der Waals surface area (Å²) in [4.78, 5) is 0. The first-order chi connectivity index (χ1) is 13.8. The molecule has 3 heterocycles. The first-order valence-corrected chi connectivity index (χ1v) is 10.4. The van der Waals surface area contributed by atoms with E-state index in [1.54, 1.807) is 0 Å². The zero-order chi connectivity index (χ0) is 18.6. The molecule has 1 fully saturated rings. The molecule has 28 heavy (non-hydrogen) atoms. The molecule has 0 radical (unpaired) electrons. The van der Waals surface area contributed by atoms with E-state index in [0.717, 1.165) is 47.8 Å². The van der Waals surface area contributed by atoms with Gasteiger partial charge < -0.3 is 14.2 Å². The van der Waals surface area contributed by atoms with Gasteiger partial charge >= 0.3 is 0 Å². The zero-order valence-electron chi connectivity index (χ0n) is 15.9. The molecule has 0 amide bonds. The van der Waals surface area contributed by atoms with Crippen molar-refractivity contribution in [1.29, 1.82) is 0 Å². The Kier molecular flexibility index (Phi) is 3.58. The van der Waals surface area contributed by atoms with Crippen LogP contribution < -0.4 is 14.2 Å². The molecule has 0 unspecified atom stereocenters. The number of para-hydroxylation sites is 1. The number of benzene rings is 2. The lowest BCUT2D eigenvalue weighted by molar-refractivity contribution is -0.140. The van der Waals surface area contributed by atoms with Gasteiger partial charge in [-0.05, 0) is 37.1 Å². The highest BCUT2D eigenvalue weighted by atomic mass is 16.6. The number of rotatable bonds is 1. The van der Waals surface area contributed by atoms with Crippen molar-refractivity contribution in [1.82, 2.24) is 5.01 Å². The molecule has 1 spiro atoms. The van der Waals surface area contributed by atoms with E-state index in [1.165, 1.54) is 24.8 Å². The van der Waals surface area contributed by atoms with Crippen LogP contribution in [0.25, 0.3) is 0 Å². The third kappa shape index (κ3) is 2.42. The van der Waals surface area contributed by atoms with Crippen molar-refractivity contribution in [3.63, 3.8) is 0 Å². The lowest BCUT2D eigenvalue weighted by Crippen LogP contribution is -2.54. The van der Waals surface area contributed by atoms with Crippen molar-refractivity contribution in [3.8, 4) is 17.2 Å². The molecule has 1 saturated carbocycles. The van der Waals surface area contributed by atoms with Crippen LogP contribution in [0.5, 0.6) is 17.2 Å². The number of hydrazone groups is 1. The average molecular weight is 376 g/mol. The van der Waals surface area contributed by atoms with Gasteiger partial charge in [-0.1, -0.05) is 24.6 Å². The molecule has 2 aromatic carbocycles. The third-order valence-corrected chi connectivity index (χ3v) is 6.42. The lowest BCUT2D eigenvalue weighted by atomic mass is 9.86. The molecule has 5 nitrogen and oxygen atoms in total. The summed E-state index contributed by atoms with van der Waals surface area (Å²) in [7, 11) is 0. The van der Waals surface area contributed by atoms with E-state index in [2.05, 4.69) is 41.4 Å². The Morgan fingerprint density at radius 1 is 0.893 bits per heavy atom. The van der Waals surface area contributed by atoms with Crippen molar-refractivity contribution in [3.05, 3.63) is 53.6 Å². The predicted octanol–water partition coefficient (Wildman–Crippen LogP) is 4.66. The molecule has 0 bridgehead atoms. The minimum atomic E-state index is -0.299. The summed E-state index contributed by atoms with van der Waals surface area (Å²) < 4.78 is 18.1. The van der Waals surface area contributed by atoms with E-state index in [1.807, 2.05) is 6.07 Å². The van der Waals surface area contributed by atoms with Crippen molar-refractivity contribution in [2.45, 2.75) is 50.3 Å². The Morgan fingerprint density at radius 2 is 1.71 bits per heavy atom. The van der Waals surface area contributed by atoms with E-state index in [-0.39, 0.29) is 11.8 Å². The van der Waals surface area contributed by atoms with Gasteiger partial charge in [0.05, 0.1) is 11.8 Å². The average Bonchev–Trinajstić information content (AvgIpc) is 3.21. The summed E-state index contributed by atoms with van der Waals surface area (Å²) in [6.45, 7) is 1.21. The molecule has 2 aromatic rings. The maximum absolute atomic E-state index is 6.62. The summed E-state index contributed by atoms with van der Waals surface area (Å²) in [6.07, 6.45) is 6.64. The van der Waals surface area contributed by atoms with Gasteiger partial charge in [0.1, 0.15) is 19.0 Å². The largest absolute Gasteiger partial charge is 0.486 e. The van der Waals surface area contributed by atoms with Gasteiger partial charge in [-0.2, -0.15) is 5.10 Å². The highest BCUT2D eigenvalue weighted by Crippen LogP contribution is 2.51. The summed E-state index contributed by atoms with van der Waals surface area (Å²) in [5.74, 6) is 2.67. The smallest absolute Gasteiger partial charge is 0.198 e. The second kappa shape index (κ2) is 6.16. The maximum Gasteiger partial charge on any atom is 0.198 e. The van der Waals surface area contributed by atoms with E-state index in [4.69, 9.17) is 19.3 Å². The fraction of sp³-hybridized carbons (Fsp3) is 0.435. The number of nitrogens with zero attached hydrogens (tertiary/aromatic N) is 2. The fourth-order valence-corrected chi connectivity index (χ4v) is 5.06. The van der Waals surface area contributed by atoms with E-state index < -0.39 is 0 Å². The van der Waals surface area contributed by atoms with Crippen LogP contribution in [0.4, 0.5) is 0 Å². The Hall–Kier alpha value is -2.69. The van der Waals surface area contributed by atoms with Crippen molar-refractivity contribution < 1.29 is 14.2 Å². The van der Waals surface area contributed by atoms with Crippen LogP contribution in [0, 0.1) is 0 Å². The maximum atomic E-state index is 6.62. The molecule has 144 valence electrons. The van der Waals surface area contributed by atoms with Crippen LogP contribution in [0.2, 0.25) is 0 Å². The SMILES string of the molecule is c1ccc2c(c1)OC1(CCCCC1)N1N=C(c3ccc4c(c3)OCCO4)C[C@@H]21. The number of hydrogen-bond acceptors (Lipinski definition) is 5. The summed E-state index contributed by atoms with van der Waals surface area (Å²) >= 11 is 0. The number of ether oxygens (including phenoxy) is 3. The minimum absolute atomic E-state index is 0.242. The van der Waals surface area contributed by atoms with Gasteiger partial charge in [0.2, 0.25) is 0 Å². The van der Waals surface area contributed by atoms with Crippen molar-refractivity contribution >= 4 is 5.71 Å². The van der Waals surface area contributed by atoms with E-state index in [0.29, 0.717) is 13.2 Å². The minimum Gasteiger partial charge on any atom is -0.486 e. The van der Waals surface area contributed by atoms with Gasteiger partial charge in [-0.15, -0.1) is 0 Å². The molecule has 0 N–H and O–H groups in total. The van der Waals surface area contributed by atoms with Crippen molar-refractivity contribution in [2.75, 3.05) is 13.2 Å². The van der Waals surface area contributed by atoms with Gasteiger partial charge in [0.25, 0.3) is 0 Å². The molecule has 6 rings (SSSR count). The topological polar surface area (TPSA) is 43.3 Å². The van der Waals surface area contributed by atoms with Crippen LogP contribution in [0.15, 0.2) is 47.6 Å². The van der Waals surface area contributed by atoms with Gasteiger partial charge in [-0.3, -0.25) is 0 Å². The highest BCUT2D eigenvalue weighted by molar-refractivity contribution is 6.02.